The zero-order valence-corrected chi connectivity index (χ0v) is 15.5. The van der Waals surface area contributed by atoms with Crippen LogP contribution in [0.15, 0.2) is 0 Å². The van der Waals surface area contributed by atoms with Crippen molar-refractivity contribution in [2.24, 2.45) is 5.92 Å². The summed E-state index contributed by atoms with van der Waals surface area (Å²) < 4.78 is 70.5. The maximum atomic E-state index is 13.6. The van der Waals surface area contributed by atoms with Gasteiger partial charge in [0.05, 0.1) is 5.92 Å². The number of benzene rings is 1. The molecule has 0 spiro atoms. The Morgan fingerprint density at radius 3 is 1.88 bits per heavy atom. The number of carbonyl (C=O) groups excluding carboxylic acids is 1. The van der Waals surface area contributed by atoms with Crippen LogP contribution in [0.2, 0.25) is 0 Å². The molecule has 0 aliphatic carbocycles. The highest BCUT2D eigenvalue weighted by molar-refractivity contribution is 8.47. The molecule has 1 atom stereocenters. The minimum atomic E-state index is -2.32. The first kappa shape index (κ1) is 21.2. The van der Waals surface area contributed by atoms with E-state index in [0.29, 0.717) is 3.53 Å². The second-order valence-corrected chi connectivity index (χ2v) is 8.87. The predicted molar refractivity (Wildman–Crippen MR) is 88.8 cm³/mol. The maximum absolute atomic E-state index is 13.6. The van der Waals surface area contributed by atoms with Crippen LogP contribution in [0.5, 0.6) is 5.75 Å². The van der Waals surface area contributed by atoms with Gasteiger partial charge in [0.15, 0.2) is 0 Å². The molecule has 0 aliphatic heterocycles. The lowest BCUT2D eigenvalue weighted by atomic mass is 9.97. The number of hydrogen-bond donors (Lipinski definition) is 0. The quantitative estimate of drug-likeness (QED) is 0.174. The Morgan fingerprint density at radius 1 is 1.04 bits per heavy atom. The van der Waals surface area contributed by atoms with Crippen LogP contribution in [0.25, 0.3) is 0 Å². The van der Waals surface area contributed by atoms with Crippen molar-refractivity contribution in [1.82, 2.24) is 0 Å². The normalized spacial score (nSPS) is 12.9. The number of esters is 1. The summed E-state index contributed by atoms with van der Waals surface area (Å²) in [6, 6.07) is 0. The van der Waals surface area contributed by atoms with Crippen molar-refractivity contribution in [1.29, 1.82) is 0 Å². The van der Waals surface area contributed by atoms with Gasteiger partial charge in [-0.2, -0.15) is 8.78 Å². The summed E-state index contributed by atoms with van der Waals surface area (Å²) in [4.78, 5) is 12.1. The summed E-state index contributed by atoms with van der Waals surface area (Å²) >= 11 is 7.48. The molecule has 0 heterocycles. The Balaban J connectivity index is 3.10. The fourth-order valence-electron chi connectivity index (χ4n) is 1.49. The Labute approximate surface area is 149 Å². The van der Waals surface area contributed by atoms with Gasteiger partial charge in [-0.05, 0) is 20.1 Å². The lowest BCUT2D eigenvalue weighted by Crippen LogP contribution is -2.35. The smallest absolute Gasteiger partial charge is 0.315 e. The van der Waals surface area contributed by atoms with Gasteiger partial charge in [-0.25, -0.2) is 13.2 Å². The molecular formula is C14H13F5O2S3. The zero-order chi connectivity index (χ0) is 18.8. The minimum absolute atomic E-state index is 0.524. The van der Waals surface area contributed by atoms with Crippen LogP contribution in [-0.2, 0) is 4.79 Å². The molecule has 0 N–H and O–H groups in total. The van der Waals surface area contributed by atoms with Crippen LogP contribution in [0.3, 0.4) is 0 Å². The molecule has 0 saturated carbocycles. The minimum Gasteiger partial charge on any atom is -0.420 e. The second kappa shape index (κ2) is 8.01. The molecule has 1 aromatic rings. The molecule has 10 heteroatoms. The SMILES string of the molecule is CSC(=S)SC(C)(C)C(C)C(=O)Oc1c(F)c(F)c(F)c(F)c1F. The van der Waals surface area contributed by atoms with Crippen LogP contribution in [0.4, 0.5) is 22.0 Å². The number of thiocarbonyl (C=S) groups is 1. The lowest BCUT2D eigenvalue weighted by Gasteiger charge is -2.29. The number of carbonyl (C=O) groups is 1. The van der Waals surface area contributed by atoms with Gasteiger partial charge in [0.1, 0.15) is 3.53 Å². The van der Waals surface area contributed by atoms with Crippen molar-refractivity contribution >= 4 is 45.2 Å². The van der Waals surface area contributed by atoms with Gasteiger partial charge < -0.3 is 4.74 Å². The van der Waals surface area contributed by atoms with Crippen LogP contribution in [0.1, 0.15) is 20.8 Å². The van der Waals surface area contributed by atoms with Gasteiger partial charge in [0, 0.05) is 4.75 Å². The fraction of sp³-hybridized carbons (Fsp3) is 0.429. The largest absolute Gasteiger partial charge is 0.420 e. The molecule has 0 aromatic heterocycles. The fourth-order valence-corrected chi connectivity index (χ4v) is 3.82. The number of halogens is 5. The summed E-state index contributed by atoms with van der Waals surface area (Å²) in [6.45, 7) is 4.69. The van der Waals surface area contributed by atoms with Crippen molar-refractivity contribution in [2.75, 3.05) is 6.26 Å². The van der Waals surface area contributed by atoms with Crippen molar-refractivity contribution in [2.45, 2.75) is 25.5 Å². The Morgan fingerprint density at radius 2 is 1.46 bits per heavy atom. The monoisotopic (exact) mass is 404 g/mol. The van der Waals surface area contributed by atoms with Crippen molar-refractivity contribution in [3.63, 3.8) is 0 Å². The average molecular weight is 404 g/mol. The van der Waals surface area contributed by atoms with Gasteiger partial charge in [0.2, 0.25) is 34.8 Å². The zero-order valence-electron chi connectivity index (χ0n) is 13.0. The third-order valence-corrected chi connectivity index (χ3v) is 6.16. The van der Waals surface area contributed by atoms with Crippen molar-refractivity contribution in [3.05, 3.63) is 29.1 Å². The molecule has 0 amide bonds. The van der Waals surface area contributed by atoms with Crippen molar-refractivity contribution < 1.29 is 31.5 Å². The highest BCUT2D eigenvalue weighted by Crippen LogP contribution is 2.38. The van der Waals surface area contributed by atoms with E-state index < -0.39 is 51.5 Å². The molecule has 0 aliphatic rings. The van der Waals surface area contributed by atoms with E-state index in [2.05, 4.69) is 4.74 Å². The van der Waals surface area contributed by atoms with E-state index in [0.717, 1.165) is 11.8 Å². The van der Waals surface area contributed by atoms with E-state index in [9.17, 15) is 26.7 Å². The summed E-state index contributed by atoms with van der Waals surface area (Å²) in [5, 5.41) is 0. The first-order chi connectivity index (χ1) is 10.9. The first-order valence-corrected chi connectivity index (χ1v) is 8.89. The van der Waals surface area contributed by atoms with Gasteiger partial charge in [-0.1, -0.05) is 19.1 Å². The number of ether oxygens (including phenoxy) is 1. The molecule has 0 radical (unpaired) electrons. The van der Waals surface area contributed by atoms with Gasteiger partial charge >= 0.3 is 5.97 Å². The van der Waals surface area contributed by atoms with E-state index in [4.69, 9.17) is 12.2 Å². The van der Waals surface area contributed by atoms with Gasteiger partial charge in [-0.3, -0.25) is 4.79 Å². The molecule has 0 bridgehead atoms. The Bertz CT molecular complexity index is 650. The van der Waals surface area contributed by atoms with E-state index in [1.54, 1.807) is 20.1 Å². The van der Waals surface area contributed by atoms with Crippen LogP contribution in [0, 0.1) is 35.0 Å². The molecule has 24 heavy (non-hydrogen) atoms. The molecule has 134 valence electrons. The highest BCUT2D eigenvalue weighted by Gasteiger charge is 2.37. The predicted octanol–water partition coefficient (Wildman–Crippen LogP) is 5.08. The Kier molecular flexibility index (Phi) is 7.06. The maximum Gasteiger partial charge on any atom is 0.315 e. The Hall–Kier alpha value is -0.870. The van der Waals surface area contributed by atoms with Crippen molar-refractivity contribution in [3.8, 4) is 5.75 Å². The number of thioether (sulfide) groups is 2. The van der Waals surface area contributed by atoms with E-state index in [1.165, 1.54) is 18.7 Å². The highest BCUT2D eigenvalue weighted by atomic mass is 32.2. The third kappa shape index (κ3) is 4.40. The standard InChI is InChI=1S/C14H13F5O2S3/c1-5(14(2,3)24-13(22)23-4)12(20)21-11-9(18)7(16)6(15)8(17)10(11)19/h5H,1-4H3. The molecule has 0 fully saturated rings. The molecule has 0 saturated heterocycles. The molecular weight excluding hydrogens is 391 g/mol. The molecule has 2 nitrogen and oxygen atoms in total. The summed E-state index contributed by atoms with van der Waals surface area (Å²) in [7, 11) is 0. The second-order valence-electron chi connectivity index (χ2n) is 5.20. The third-order valence-electron chi connectivity index (χ3n) is 3.28. The lowest BCUT2D eigenvalue weighted by molar-refractivity contribution is -0.139. The van der Waals surface area contributed by atoms with E-state index in [-0.39, 0.29) is 0 Å². The van der Waals surface area contributed by atoms with Crippen LogP contribution >= 0.6 is 35.7 Å². The number of rotatable bonds is 4. The van der Waals surface area contributed by atoms with E-state index in [1.807, 2.05) is 0 Å². The molecule has 1 aromatic carbocycles. The van der Waals surface area contributed by atoms with Gasteiger partial charge in [0.25, 0.3) is 0 Å². The van der Waals surface area contributed by atoms with Gasteiger partial charge in [-0.15, -0.1) is 23.5 Å². The average Bonchev–Trinajstić information content (AvgIpc) is 2.53. The summed E-state index contributed by atoms with van der Waals surface area (Å²) in [6.07, 6.45) is 1.74. The first-order valence-electron chi connectivity index (χ1n) is 6.44. The summed E-state index contributed by atoms with van der Waals surface area (Å²) in [5.74, 6) is -14.8. The molecule has 1 rings (SSSR count). The summed E-state index contributed by atoms with van der Waals surface area (Å²) in [5.41, 5.74) is 0. The number of hydrogen-bond acceptors (Lipinski definition) is 5. The van der Waals surface area contributed by atoms with Crippen LogP contribution in [-0.4, -0.2) is 20.5 Å². The van der Waals surface area contributed by atoms with Crippen LogP contribution < -0.4 is 4.74 Å². The topological polar surface area (TPSA) is 26.3 Å². The molecule has 1 unspecified atom stereocenters. The van der Waals surface area contributed by atoms with E-state index >= 15 is 0 Å².